The Morgan fingerprint density at radius 3 is 2.72 bits per heavy atom. The number of nitrogens with zero attached hydrogens (tertiary/aromatic N) is 2. The molecule has 0 aliphatic carbocycles. The van der Waals surface area contributed by atoms with Gasteiger partial charge in [0, 0.05) is 12.2 Å². The fraction of sp³-hybridized carbons (Fsp3) is 0.533. The summed E-state index contributed by atoms with van der Waals surface area (Å²) < 4.78 is 0. The number of nitrogens with one attached hydrogen (secondary N) is 1. The molecule has 2 aliphatic heterocycles. The highest BCUT2D eigenvalue weighted by Gasteiger charge is 2.37. The fourth-order valence-corrected chi connectivity index (χ4v) is 3.40. The highest BCUT2D eigenvalue weighted by atomic mass is 15.2. The third-order valence-electron chi connectivity index (χ3n) is 4.19. The molecule has 0 amide bonds. The average molecular weight is 241 g/mol. The van der Waals surface area contributed by atoms with Gasteiger partial charge in [0.1, 0.15) is 0 Å². The molecule has 3 rings (SSSR count). The molecule has 2 bridgehead atoms. The number of hydrogen-bond donors (Lipinski definition) is 1. The zero-order valence-corrected chi connectivity index (χ0v) is 10.7. The summed E-state index contributed by atoms with van der Waals surface area (Å²) >= 11 is 0. The summed E-state index contributed by atoms with van der Waals surface area (Å²) in [6.45, 7) is 3.66. The van der Waals surface area contributed by atoms with E-state index in [-0.39, 0.29) is 5.54 Å². The van der Waals surface area contributed by atoms with Crippen LogP contribution in [-0.2, 0) is 0 Å². The van der Waals surface area contributed by atoms with E-state index < -0.39 is 0 Å². The molecule has 94 valence electrons. The maximum atomic E-state index is 8.96. The second-order valence-corrected chi connectivity index (χ2v) is 5.58. The average Bonchev–Trinajstić information content (AvgIpc) is 2.39. The second kappa shape index (κ2) is 4.62. The van der Waals surface area contributed by atoms with Gasteiger partial charge in [-0.2, -0.15) is 5.26 Å². The first kappa shape index (κ1) is 11.6. The minimum Gasteiger partial charge on any atom is -0.378 e. The van der Waals surface area contributed by atoms with E-state index in [1.54, 1.807) is 0 Å². The second-order valence-electron chi connectivity index (χ2n) is 5.58. The topological polar surface area (TPSA) is 39.1 Å². The van der Waals surface area contributed by atoms with Crippen molar-refractivity contribution < 1.29 is 0 Å². The molecule has 0 aromatic heterocycles. The molecule has 0 unspecified atom stereocenters. The molecule has 3 heteroatoms. The summed E-state index contributed by atoms with van der Waals surface area (Å²) in [6, 6.07) is 10.1. The Bertz CT molecular complexity index is 465. The summed E-state index contributed by atoms with van der Waals surface area (Å²) in [5, 5.41) is 12.7. The quantitative estimate of drug-likeness (QED) is 0.865. The van der Waals surface area contributed by atoms with Crippen LogP contribution in [-0.4, -0.2) is 30.1 Å². The summed E-state index contributed by atoms with van der Waals surface area (Å²) in [4.78, 5) is 2.56. The summed E-state index contributed by atoms with van der Waals surface area (Å²) in [7, 11) is 0. The number of fused-ring (bicyclic) bond motifs is 2. The van der Waals surface area contributed by atoms with Crippen LogP contribution in [0.2, 0.25) is 0 Å². The molecule has 0 atom stereocenters. The predicted molar refractivity (Wildman–Crippen MR) is 72.4 cm³/mol. The highest BCUT2D eigenvalue weighted by molar-refractivity contribution is 5.51. The molecule has 1 N–H and O–H groups in total. The molecule has 2 heterocycles. The van der Waals surface area contributed by atoms with Crippen LogP contribution >= 0.6 is 0 Å². The third-order valence-corrected chi connectivity index (χ3v) is 4.19. The number of rotatable bonds is 2. The van der Waals surface area contributed by atoms with Gasteiger partial charge in [0.15, 0.2) is 0 Å². The Labute approximate surface area is 108 Å². The molecule has 0 saturated carbocycles. The van der Waals surface area contributed by atoms with E-state index >= 15 is 0 Å². The van der Waals surface area contributed by atoms with E-state index in [0.717, 1.165) is 17.8 Å². The standard InChI is InChI=1S/C15H19N3/c16-11-13-4-1-5-14(10-13)17-15-6-2-8-18(12-15)9-3-7-15/h1,4-5,10,17H,2-3,6-9,12H2. The molecule has 2 aliphatic rings. The number of benzene rings is 1. The normalized spacial score (nSPS) is 30.5. The van der Waals surface area contributed by atoms with Crippen LogP contribution in [0.15, 0.2) is 24.3 Å². The highest BCUT2D eigenvalue weighted by Crippen LogP contribution is 2.33. The lowest BCUT2D eigenvalue weighted by atomic mass is 9.81. The predicted octanol–water partition coefficient (Wildman–Crippen LogP) is 2.60. The van der Waals surface area contributed by atoms with Crippen molar-refractivity contribution in [3.63, 3.8) is 0 Å². The van der Waals surface area contributed by atoms with Gasteiger partial charge in [-0.3, -0.25) is 0 Å². The Hall–Kier alpha value is -1.53. The fourth-order valence-electron chi connectivity index (χ4n) is 3.40. The van der Waals surface area contributed by atoms with Crippen molar-refractivity contribution in [3.8, 4) is 6.07 Å². The smallest absolute Gasteiger partial charge is 0.0992 e. The Morgan fingerprint density at radius 2 is 2.00 bits per heavy atom. The van der Waals surface area contributed by atoms with Crippen molar-refractivity contribution >= 4 is 5.69 Å². The first-order valence-electron chi connectivity index (χ1n) is 6.80. The van der Waals surface area contributed by atoms with E-state index in [9.17, 15) is 0 Å². The van der Waals surface area contributed by atoms with Crippen molar-refractivity contribution in [2.24, 2.45) is 0 Å². The van der Waals surface area contributed by atoms with Gasteiger partial charge in [-0.25, -0.2) is 0 Å². The van der Waals surface area contributed by atoms with Crippen LogP contribution in [0, 0.1) is 11.3 Å². The zero-order valence-electron chi connectivity index (χ0n) is 10.7. The van der Waals surface area contributed by atoms with Gasteiger partial charge in [0.25, 0.3) is 0 Å². The van der Waals surface area contributed by atoms with Crippen LogP contribution < -0.4 is 5.32 Å². The Balaban J connectivity index is 1.80. The van der Waals surface area contributed by atoms with Crippen LogP contribution in [0.25, 0.3) is 0 Å². The van der Waals surface area contributed by atoms with E-state index in [1.165, 1.54) is 38.8 Å². The number of nitriles is 1. The molecule has 1 aromatic carbocycles. The van der Waals surface area contributed by atoms with Gasteiger partial charge in [0.2, 0.25) is 0 Å². The molecule has 2 fully saturated rings. The van der Waals surface area contributed by atoms with E-state index in [2.05, 4.69) is 22.4 Å². The summed E-state index contributed by atoms with van der Waals surface area (Å²) in [5.41, 5.74) is 2.07. The first-order chi connectivity index (χ1) is 8.80. The Kier molecular flexibility index (Phi) is 2.97. The lowest BCUT2D eigenvalue weighted by Crippen LogP contribution is -2.56. The summed E-state index contributed by atoms with van der Waals surface area (Å²) in [5.74, 6) is 0. The van der Waals surface area contributed by atoms with Gasteiger partial charge in [0.05, 0.1) is 17.2 Å². The molecule has 3 nitrogen and oxygen atoms in total. The lowest BCUT2D eigenvalue weighted by molar-refractivity contribution is 0.112. The molecule has 18 heavy (non-hydrogen) atoms. The van der Waals surface area contributed by atoms with Gasteiger partial charge >= 0.3 is 0 Å². The molecule has 0 radical (unpaired) electrons. The van der Waals surface area contributed by atoms with Gasteiger partial charge in [-0.15, -0.1) is 0 Å². The molecule has 2 saturated heterocycles. The molecule has 0 spiro atoms. The van der Waals surface area contributed by atoms with Crippen LogP contribution in [0.1, 0.15) is 31.2 Å². The maximum Gasteiger partial charge on any atom is 0.0992 e. The van der Waals surface area contributed by atoms with Crippen molar-refractivity contribution in [1.29, 1.82) is 5.26 Å². The Morgan fingerprint density at radius 1 is 1.22 bits per heavy atom. The van der Waals surface area contributed by atoms with Crippen molar-refractivity contribution in [3.05, 3.63) is 29.8 Å². The number of hydrogen-bond acceptors (Lipinski definition) is 3. The minimum atomic E-state index is 0.241. The van der Waals surface area contributed by atoms with E-state index in [1.807, 2.05) is 18.2 Å². The number of anilines is 1. The summed E-state index contributed by atoms with van der Waals surface area (Å²) in [6.07, 6.45) is 5.07. The molecular formula is C15H19N3. The molecule has 1 aromatic rings. The van der Waals surface area contributed by atoms with E-state index in [4.69, 9.17) is 5.26 Å². The lowest BCUT2D eigenvalue weighted by Gasteiger charge is -2.48. The number of piperidine rings is 2. The van der Waals surface area contributed by atoms with Crippen molar-refractivity contribution in [2.45, 2.75) is 31.2 Å². The third kappa shape index (κ3) is 2.21. The zero-order chi connectivity index (χ0) is 12.4. The van der Waals surface area contributed by atoms with Crippen LogP contribution in [0.5, 0.6) is 0 Å². The monoisotopic (exact) mass is 241 g/mol. The largest absolute Gasteiger partial charge is 0.378 e. The van der Waals surface area contributed by atoms with Crippen molar-refractivity contribution in [1.82, 2.24) is 4.90 Å². The van der Waals surface area contributed by atoms with Gasteiger partial charge in [-0.05, 0) is 57.0 Å². The van der Waals surface area contributed by atoms with Gasteiger partial charge in [-0.1, -0.05) is 6.07 Å². The maximum absolute atomic E-state index is 8.96. The molecular weight excluding hydrogens is 222 g/mol. The van der Waals surface area contributed by atoms with Crippen molar-refractivity contribution in [2.75, 3.05) is 25.0 Å². The van der Waals surface area contributed by atoms with E-state index in [0.29, 0.717) is 0 Å². The SMILES string of the molecule is N#Cc1cccc(NC23CCCN(CCC2)C3)c1. The first-order valence-corrected chi connectivity index (χ1v) is 6.80. The minimum absolute atomic E-state index is 0.241. The van der Waals surface area contributed by atoms with Gasteiger partial charge < -0.3 is 10.2 Å². The van der Waals surface area contributed by atoms with Crippen LogP contribution in [0.3, 0.4) is 0 Å². The van der Waals surface area contributed by atoms with Crippen LogP contribution in [0.4, 0.5) is 5.69 Å².